The Labute approximate surface area is 85.5 Å². The van der Waals surface area contributed by atoms with Crippen molar-refractivity contribution >= 4 is 5.97 Å². The van der Waals surface area contributed by atoms with Crippen LogP contribution in [0.3, 0.4) is 0 Å². The Bertz CT molecular complexity index is 222. The minimum atomic E-state index is -1.30. The molecular weight excluding hydrogens is 180 g/mol. The van der Waals surface area contributed by atoms with Crippen molar-refractivity contribution in [2.24, 2.45) is 0 Å². The molecule has 1 atom stereocenters. The lowest BCUT2D eigenvalue weighted by atomic mass is 10.2. The number of esters is 1. The average molecular weight is 198 g/mol. The molecule has 3 heteroatoms. The summed E-state index contributed by atoms with van der Waals surface area (Å²) in [5.41, 5.74) is 0. The predicted octanol–water partition coefficient (Wildman–Crippen LogP) is 1.49. The summed E-state index contributed by atoms with van der Waals surface area (Å²) in [4.78, 5) is 11.0. The van der Waals surface area contributed by atoms with Gasteiger partial charge in [0.05, 0.1) is 6.10 Å². The molecule has 0 aromatic rings. The summed E-state index contributed by atoms with van der Waals surface area (Å²) in [6.45, 7) is 5.52. The molecule has 0 amide bonds. The fourth-order valence-electron chi connectivity index (χ4n) is 0.790. The van der Waals surface area contributed by atoms with E-state index in [1.807, 2.05) is 0 Å². The highest BCUT2D eigenvalue weighted by atomic mass is 16.6. The first-order valence-corrected chi connectivity index (χ1v) is 4.94. The van der Waals surface area contributed by atoms with E-state index in [4.69, 9.17) is 4.74 Å². The summed E-state index contributed by atoms with van der Waals surface area (Å²) in [6, 6.07) is 0. The van der Waals surface area contributed by atoms with Gasteiger partial charge in [-0.15, -0.1) is 0 Å². The first-order valence-electron chi connectivity index (χ1n) is 4.94. The lowest BCUT2D eigenvalue weighted by Crippen LogP contribution is -2.24. The van der Waals surface area contributed by atoms with E-state index in [0.717, 1.165) is 12.8 Å². The highest BCUT2D eigenvalue weighted by Gasteiger charge is 2.14. The van der Waals surface area contributed by atoms with Gasteiger partial charge < -0.3 is 9.84 Å². The van der Waals surface area contributed by atoms with E-state index in [-0.39, 0.29) is 6.10 Å². The van der Waals surface area contributed by atoms with Gasteiger partial charge in [0.1, 0.15) is 0 Å². The maximum absolute atomic E-state index is 11.0. The fraction of sp³-hybridized carbons (Fsp3) is 0.727. The van der Waals surface area contributed by atoms with Crippen molar-refractivity contribution in [3.8, 4) is 11.8 Å². The summed E-state index contributed by atoms with van der Waals surface area (Å²) < 4.78 is 4.78. The number of hydrogen-bond donors (Lipinski definition) is 1. The van der Waals surface area contributed by atoms with Gasteiger partial charge in [-0.25, -0.2) is 4.79 Å². The Morgan fingerprint density at radius 2 is 2.14 bits per heavy atom. The quantitative estimate of drug-likeness (QED) is 0.423. The number of aliphatic hydroxyl groups is 1. The molecule has 14 heavy (non-hydrogen) atoms. The number of carbonyl (C=O) groups excluding carboxylic acids is 1. The molecule has 0 saturated carbocycles. The van der Waals surface area contributed by atoms with Crippen LogP contribution in [-0.2, 0) is 9.53 Å². The van der Waals surface area contributed by atoms with Gasteiger partial charge in [0.2, 0.25) is 6.10 Å². The SMILES string of the molecule is CCCCC#CC(O)C(=O)OC(C)C. The molecule has 0 heterocycles. The van der Waals surface area contributed by atoms with Crippen molar-refractivity contribution in [2.45, 2.75) is 52.2 Å². The summed E-state index contributed by atoms with van der Waals surface area (Å²) >= 11 is 0. The molecule has 1 N–H and O–H groups in total. The van der Waals surface area contributed by atoms with E-state index in [1.54, 1.807) is 13.8 Å². The van der Waals surface area contributed by atoms with Gasteiger partial charge in [-0.1, -0.05) is 25.2 Å². The molecule has 0 aliphatic heterocycles. The molecule has 0 aliphatic carbocycles. The van der Waals surface area contributed by atoms with E-state index < -0.39 is 12.1 Å². The van der Waals surface area contributed by atoms with Crippen molar-refractivity contribution < 1.29 is 14.6 Å². The van der Waals surface area contributed by atoms with Crippen LogP contribution in [0.1, 0.15) is 40.0 Å². The summed E-state index contributed by atoms with van der Waals surface area (Å²) in [7, 11) is 0. The molecule has 0 aromatic carbocycles. The average Bonchev–Trinajstić information content (AvgIpc) is 2.11. The lowest BCUT2D eigenvalue weighted by molar-refractivity contribution is -0.154. The van der Waals surface area contributed by atoms with Crippen LogP contribution in [0.15, 0.2) is 0 Å². The second-order valence-electron chi connectivity index (χ2n) is 3.31. The maximum atomic E-state index is 11.0. The minimum Gasteiger partial charge on any atom is -0.460 e. The van der Waals surface area contributed by atoms with Crippen LogP contribution in [0.25, 0.3) is 0 Å². The second kappa shape index (κ2) is 7.40. The van der Waals surface area contributed by atoms with Gasteiger partial charge in [-0.05, 0) is 20.3 Å². The van der Waals surface area contributed by atoms with Crippen LogP contribution in [0.2, 0.25) is 0 Å². The maximum Gasteiger partial charge on any atom is 0.347 e. The number of aliphatic hydroxyl groups excluding tert-OH is 1. The molecule has 0 saturated heterocycles. The standard InChI is InChI=1S/C11H18O3/c1-4-5-6-7-8-10(12)11(13)14-9(2)3/h9-10,12H,4-6H2,1-3H3. The number of unbranched alkanes of at least 4 members (excludes halogenated alkanes) is 2. The molecule has 0 rings (SSSR count). The first-order chi connectivity index (χ1) is 6.57. The van der Waals surface area contributed by atoms with Crippen LogP contribution < -0.4 is 0 Å². The zero-order chi connectivity index (χ0) is 11.0. The number of carbonyl (C=O) groups is 1. The Balaban J connectivity index is 3.85. The van der Waals surface area contributed by atoms with Crippen LogP contribution in [-0.4, -0.2) is 23.3 Å². The molecule has 0 aromatic heterocycles. The Hall–Kier alpha value is -1.01. The van der Waals surface area contributed by atoms with E-state index in [2.05, 4.69) is 18.8 Å². The monoisotopic (exact) mass is 198 g/mol. The molecule has 0 bridgehead atoms. The molecule has 80 valence electrons. The van der Waals surface area contributed by atoms with Crippen molar-refractivity contribution in [2.75, 3.05) is 0 Å². The van der Waals surface area contributed by atoms with E-state index in [0.29, 0.717) is 6.42 Å². The molecule has 0 aliphatic rings. The Kier molecular flexibility index (Phi) is 6.87. The highest BCUT2D eigenvalue weighted by Crippen LogP contribution is 1.95. The van der Waals surface area contributed by atoms with Crippen LogP contribution in [0.5, 0.6) is 0 Å². The number of hydrogen-bond acceptors (Lipinski definition) is 3. The first kappa shape index (κ1) is 13.0. The third-order valence-corrected chi connectivity index (χ3v) is 1.47. The summed E-state index contributed by atoms with van der Waals surface area (Å²) in [5.74, 6) is 4.53. The van der Waals surface area contributed by atoms with Crippen molar-refractivity contribution in [3.63, 3.8) is 0 Å². The summed E-state index contributed by atoms with van der Waals surface area (Å²) in [5, 5.41) is 9.22. The van der Waals surface area contributed by atoms with Gasteiger partial charge >= 0.3 is 5.97 Å². The molecule has 0 fully saturated rings. The number of rotatable bonds is 4. The van der Waals surface area contributed by atoms with Gasteiger partial charge in [-0.2, -0.15) is 0 Å². The fourth-order valence-corrected chi connectivity index (χ4v) is 0.790. The molecule has 3 nitrogen and oxygen atoms in total. The third-order valence-electron chi connectivity index (χ3n) is 1.47. The molecule has 0 radical (unpaired) electrons. The van der Waals surface area contributed by atoms with E-state index >= 15 is 0 Å². The topological polar surface area (TPSA) is 46.5 Å². The van der Waals surface area contributed by atoms with Gasteiger partial charge in [0.25, 0.3) is 0 Å². The van der Waals surface area contributed by atoms with E-state index in [9.17, 15) is 9.90 Å². The Morgan fingerprint density at radius 1 is 1.50 bits per heavy atom. The normalized spacial score (nSPS) is 11.8. The number of ether oxygens (including phenoxy) is 1. The predicted molar refractivity (Wildman–Crippen MR) is 54.5 cm³/mol. The Morgan fingerprint density at radius 3 is 2.64 bits per heavy atom. The van der Waals surface area contributed by atoms with Crippen LogP contribution in [0, 0.1) is 11.8 Å². The summed E-state index contributed by atoms with van der Waals surface area (Å²) in [6.07, 6.45) is 1.24. The smallest absolute Gasteiger partial charge is 0.347 e. The van der Waals surface area contributed by atoms with E-state index in [1.165, 1.54) is 0 Å². The van der Waals surface area contributed by atoms with Crippen LogP contribution >= 0.6 is 0 Å². The van der Waals surface area contributed by atoms with Gasteiger partial charge in [-0.3, -0.25) is 0 Å². The third kappa shape index (κ3) is 6.50. The molecule has 1 unspecified atom stereocenters. The zero-order valence-electron chi connectivity index (χ0n) is 9.04. The highest BCUT2D eigenvalue weighted by molar-refractivity contribution is 5.78. The van der Waals surface area contributed by atoms with Crippen molar-refractivity contribution in [1.29, 1.82) is 0 Å². The molecule has 0 spiro atoms. The largest absolute Gasteiger partial charge is 0.460 e. The minimum absolute atomic E-state index is 0.213. The molecular formula is C11H18O3. The van der Waals surface area contributed by atoms with Crippen molar-refractivity contribution in [3.05, 3.63) is 0 Å². The van der Waals surface area contributed by atoms with Gasteiger partial charge in [0, 0.05) is 6.42 Å². The second-order valence-corrected chi connectivity index (χ2v) is 3.31. The van der Waals surface area contributed by atoms with Crippen molar-refractivity contribution in [1.82, 2.24) is 0 Å². The zero-order valence-corrected chi connectivity index (χ0v) is 9.04. The van der Waals surface area contributed by atoms with Crippen LogP contribution in [0.4, 0.5) is 0 Å². The lowest BCUT2D eigenvalue weighted by Gasteiger charge is -2.08. The van der Waals surface area contributed by atoms with Gasteiger partial charge in [0.15, 0.2) is 0 Å².